The van der Waals surface area contributed by atoms with Crippen LogP contribution in [0.5, 0.6) is 0 Å². The van der Waals surface area contributed by atoms with Gasteiger partial charge in [0, 0.05) is 18.8 Å². The number of carbonyl (C=O) groups excluding carboxylic acids is 2. The molecule has 1 heterocycles. The number of amides is 2. The Balaban J connectivity index is 2.19. The van der Waals surface area contributed by atoms with Crippen LogP contribution in [-0.2, 0) is 15.7 Å². The van der Waals surface area contributed by atoms with Gasteiger partial charge < -0.3 is 14.4 Å². The molecule has 0 bridgehead atoms. The molecule has 6 nitrogen and oxygen atoms in total. The minimum atomic E-state index is -4.49. The lowest BCUT2D eigenvalue weighted by molar-refractivity contribution is -0.137. The Morgan fingerprint density at radius 1 is 1.17 bits per heavy atom. The van der Waals surface area contributed by atoms with Crippen molar-refractivity contribution in [2.45, 2.75) is 58.2 Å². The highest BCUT2D eigenvalue weighted by atomic mass is 19.4. The third-order valence-corrected chi connectivity index (χ3v) is 4.48. The number of carbonyl (C=O) groups is 2. The van der Waals surface area contributed by atoms with Crippen LogP contribution in [-0.4, -0.2) is 42.4 Å². The molecule has 1 aliphatic rings. The van der Waals surface area contributed by atoms with Gasteiger partial charge in [-0.25, -0.2) is 9.59 Å². The number of nitrogens with one attached hydrogen (secondary N) is 1. The first-order valence-corrected chi connectivity index (χ1v) is 9.53. The van der Waals surface area contributed by atoms with Crippen molar-refractivity contribution in [3.8, 4) is 0 Å². The van der Waals surface area contributed by atoms with Crippen LogP contribution in [0.4, 0.5) is 28.4 Å². The second kappa shape index (κ2) is 8.92. The molecule has 0 atom stereocenters. The molecule has 1 aliphatic heterocycles. The highest BCUT2D eigenvalue weighted by Crippen LogP contribution is 2.38. The first-order chi connectivity index (χ1) is 13.4. The van der Waals surface area contributed by atoms with Crippen LogP contribution in [0.25, 0.3) is 0 Å². The topological polar surface area (TPSA) is 67.9 Å². The standard InChI is InChI=1S/C20H27F3N2O4/c1-5-28-17(26)24-16-7-6-14(20(21,22)23)12-15(16)13-8-10-25(11-9-13)18(27)29-19(2,3)4/h6-7,12-13H,5,8-11H2,1-4H3,(H,24,26). The van der Waals surface area contributed by atoms with Crippen molar-refractivity contribution in [1.29, 1.82) is 0 Å². The summed E-state index contributed by atoms with van der Waals surface area (Å²) in [6.07, 6.45) is -4.74. The molecule has 0 spiro atoms. The Labute approximate surface area is 168 Å². The quantitative estimate of drug-likeness (QED) is 0.718. The van der Waals surface area contributed by atoms with E-state index < -0.39 is 29.5 Å². The van der Waals surface area contributed by atoms with Crippen LogP contribution in [0.1, 0.15) is 57.6 Å². The fourth-order valence-electron chi connectivity index (χ4n) is 3.17. The number of hydrogen-bond donors (Lipinski definition) is 1. The number of alkyl halides is 3. The number of halogens is 3. The van der Waals surface area contributed by atoms with Crippen LogP contribution in [0.3, 0.4) is 0 Å². The zero-order valence-corrected chi connectivity index (χ0v) is 17.1. The summed E-state index contributed by atoms with van der Waals surface area (Å²) in [4.78, 5) is 25.5. The first-order valence-electron chi connectivity index (χ1n) is 9.53. The summed E-state index contributed by atoms with van der Waals surface area (Å²) in [5.74, 6) is -0.243. The summed E-state index contributed by atoms with van der Waals surface area (Å²) in [6.45, 7) is 7.81. The van der Waals surface area contributed by atoms with Gasteiger partial charge in [-0.3, -0.25) is 5.32 Å². The van der Waals surface area contributed by atoms with Gasteiger partial charge in [0.15, 0.2) is 0 Å². The minimum absolute atomic E-state index is 0.149. The number of likely N-dealkylation sites (tertiary alicyclic amines) is 1. The van der Waals surface area contributed by atoms with E-state index >= 15 is 0 Å². The molecule has 162 valence electrons. The molecule has 0 aliphatic carbocycles. The van der Waals surface area contributed by atoms with Crippen molar-refractivity contribution >= 4 is 17.9 Å². The molecule has 1 aromatic carbocycles. The Kier molecular flexibility index (Phi) is 7.02. The first kappa shape index (κ1) is 22.8. The van der Waals surface area contributed by atoms with Crippen molar-refractivity contribution < 1.29 is 32.2 Å². The summed E-state index contributed by atoms with van der Waals surface area (Å²) >= 11 is 0. The van der Waals surface area contributed by atoms with Crippen LogP contribution >= 0.6 is 0 Å². The smallest absolute Gasteiger partial charge is 0.416 e. The fourth-order valence-corrected chi connectivity index (χ4v) is 3.17. The molecule has 1 N–H and O–H groups in total. The predicted octanol–water partition coefficient (Wildman–Crippen LogP) is 5.39. The highest BCUT2D eigenvalue weighted by Gasteiger charge is 2.34. The van der Waals surface area contributed by atoms with E-state index in [1.54, 1.807) is 32.6 Å². The van der Waals surface area contributed by atoms with Crippen molar-refractivity contribution in [2.24, 2.45) is 0 Å². The number of nitrogens with zero attached hydrogens (tertiary/aromatic N) is 1. The summed E-state index contributed by atoms with van der Waals surface area (Å²) in [6, 6.07) is 3.24. The molecular formula is C20H27F3N2O4. The molecular weight excluding hydrogens is 389 g/mol. The fraction of sp³-hybridized carbons (Fsp3) is 0.600. The van der Waals surface area contributed by atoms with Crippen LogP contribution in [0.15, 0.2) is 18.2 Å². The van der Waals surface area contributed by atoms with Crippen molar-refractivity contribution in [1.82, 2.24) is 4.90 Å². The molecule has 0 saturated carbocycles. The number of ether oxygens (including phenoxy) is 2. The molecule has 0 aromatic heterocycles. The molecule has 0 unspecified atom stereocenters. The molecule has 1 saturated heterocycles. The van der Waals surface area contributed by atoms with Gasteiger partial charge in [0.25, 0.3) is 0 Å². The predicted molar refractivity (Wildman–Crippen MR) is 102 cm³/mol. The second-order valence-electron chi connectivity index (χ2n) is 7.89. The third-order valence-electron chi connectivity index (χ3n) is 4.48. The van der Waals surface area contributed by atoms with Gasteiger partial charge in [-0.05, 0) is 70.2 Å². The molecule has 2 rings (SSSR count). The molecule has 1 aromatic rings. The van der Waals surface area contributed by atoms with Gasteiger partial charge in [0.05, 0.1) is 12.2 Å². The van der Waals surface area contributed by atoms with Gasteiger partial charge >= 0.3 is 18.4 Å². The van der Waals surface area contributed by atoms with Gasteiger partial charge in [-0.15, -0.1) is 0 Å². The third kappa shape index (κ3) is 6.54. The average Bonchev–Trinajstić information content (AvgIpc) is 2.60. The van der Waals surface area contributed by atoms with Crippen molar-refractivity contribution in [2.75, 3.05) is 25.0 Å². The largest absolute Gasteiger partial charge is 0.450 e. The summed E-state index contributed by atoms with van der Waals surface area (Å²) in [7, 11) is 0. The van der Waals surface area contributed by atoms with E-state index in [0.29, 0.717) is 31.5 Å². The zero-order valence-electron chi connectivity index (χ0n) is 17.1. The summed E-state index contributed by atoms with van der Waals surface area (Å²) in [5, 5.41) is 2.52. The lowest BCUT2D eigenvalue weighted by atomic mass is 9.87. The van der Waals surface area contributed by atoms with Crippen LogP contribution < -0.4 is 5.32 Å². The highest BCUT2D eigenvalue weighted by molar-refractivity contribution is 5.86. The minimum Gasteiger partial charge on any atom is -0.450 e. The molecule has 9 heteroatoms. The Morgan fingerprint density at radius 2 is 1.79 bits per heavy atom. The van der Waals surface area contributed by atoms with E-state index in [1.807, 2.05) is 0 Å². The van der Waals surface area contributed by atoms with Gasteiger partial charge in [0.1, 0.15) is 5.60 Å². The molecule has 1 fully saturated rings. The van der Waals surface area contributed by atoms with Crippen molar-refractivity contribution in [3.63, 3.8) is 0 Å². The van der Waals surface area contributed by atoms with E-state index in [0.717, 1.165) is 12.1 Å². The summed E-state index contributed by atoms with van der Waals surface area (Å²) < 4.78 is 49.8. The van der Waals surface area contributed by atoms with E-state index in [4.69, 9.17) is 9.47 Å². The number of anilines is 1. The molecule has 29 heavy (non-hydrogen) atoms. The van der Waals surface area contributed by atoms with Gasteiger partial charge in [0.2, 0.25) is 0 Å². The normalized spacial score (nSPS) is 15.8. The molecule has 2 amide bonds. The van der Waals surface area contributed by atoms with Gasteiger partial charge in [-0.2, -0.15) is 13.2 Å². The summed E-state index contributed by atoms with van der Waals surface area (Å²) in [5.41, 5.74) is -0.730. The Bertz CT molecular complexity index is 736. The number of hydrogen-bond acceptors (Lipinski definition) is 4. The Hall–Kier alpha value is -2.45. The maximum absolute atomic E-state index is 13.2. The van der Waals surface area contributed by atoms with Crippen molar-refractivity contribution in [3.05, 3.63) is 29.3 Å². The number of rotatable bonds is 3. The monoisotopic (exact) mass is 416 g/mol. The second-order valence-corrected chi connectivity index (χ2v) is 7.89. The van der Waals surface area contributed by atoms with E-state index in [1.165, 1.54) is 6.07 Å². The SMILES string of the molecule is CCOC(=O)Nc1ccc(C(F)(F)F)cc1C1CCN(C(=O)OC(C)(C)C)CC1. The van der Waals surface area contributed by atoms with Gasteiger partial charge in [-0.1, -0.05) is 0 Å². The maximum Gasteiger partial charge on any atom is 0.416 e. The van der Waals surface area contributed by atoms with Crippen LogP contribution in [0.2, 0.25) is 0 Å². The number of piperidine rings is 1. The lowest BCUT2D eigenvalue weighted by Crippen LogP contribution is -2.41. The average molecular weight is 416 g/mol. The molecule has 0 radical (unpaired) electrons. The number of benzene rings is 1. The van der Waals surface area contributed by atoms with Crippen LogP contribution in [0, 0.1) is 0 Å². The van der Waals surface area contributed by atoms with E-state index in [2.05, 4.69) is 5.32 Å². The van der Waals surface area contributed by atoms with E-state index in [9.17, 15) is 22.8 Å². The zero-order chi connectivity index (χ0) is 21.8. The maximum atomic E-state index is 13.2. The lowest BCUT2D eigenvalue weighted by Gasteiger charge is -2.34. The Morgan fingerprint density at radius 3 is 2.31 bits per heavy atom. The van der Waals surface area contributed by atoms with E-state index in [-0.39, 0.29) is 18.2 Å².